The van der Waals surface area contributed by atoms with Gasteiger partial charge in [-0.3, -0.25) is 4.79 Å². The van der Waals surface area contributed by atoms with Gasteiger partial charge in [-0.05, 0) is 18.8 Å². The fourth-order valence-electron chi connectivity index (χ4n) is 2.63. The highest BCUT2D eigenvalue weighted by Gasteiger charge is 2.28. The maximum atomic E-state index is 12.1. The minimum atomic E-state index is 0.324. The molecular formula is C15H23N5O. The summed E-state index contributed by atoms with van der Waals surface area (Å²) in [6.07, 6.45) is 4.98. The van der Waals surface area contributed by atoms with Gasteiger partial charge in [-0.1, -0.05) is 0 Å². The van der Waals surface area contributed by atoms with Gasteiger partial charge in [0.1, 0.15) is 0 Å². The van der Waals surface area contributed by atoms with Crippen LogP contribution in [0, 0.1) is 5.92 Å². The number of hydrogen-bond donors (Lipinski definition) is 0. The standard InChI is InChI=1S/C15H23N5O/c1-18(2)13-10-14(17-16-11-13)19-5-7-20(8-6-19)15(21)9-12-3-4-12/h10-12H,3-9H2,1-2H3. The molecule has 0 bridgehead atoms. The van der Waals surface area contributed by atoms with Crippen molar-refractivity contribution in [2.45, 2.75) is 19.3 Å². The lowest BCUT2D eigenvalue weighted by Gasteiger charge is -2.35. The van der Waals surface area contributed by atoms with Crippen LogP contribution in [0.3, 0.4) is 0 Å². The number of amides is 1. The lowest BCUT2D eigenvalue weighted by molar-refractivity contribution is -0.131. The number of carbonyl (C=O) groups excluding carboxylic acids is 1. The Bertz CT molecular complexity index is 507. The molecule has 0 unspecified atom stereocenters. The van der Waals surface area contributed by atoms with Gasteiger partial charge in [-0.2, -0.15) is 5.10 Å². The highest BCUT2D eigenvalue weighted by molar-refractivity contribution is 5.77. The number of aromatic nitrogens is 2. The Morgan fingerprint density at radius 2 is 2.00 bits per heavy atom. The van der Waals surface area contributed by atoms with E-state index < -0.39 is 0 Å². The average molecular weight is 289 g/mol. The summed E-state index contributed by atoms with van der Waals surface area (Å²) in [5, 5.41) is 8.29. The molecule has 0 spiro atoms. The molecule has 6 nitrogen and oxygen atoms in total. The van der Waals surface area contributed by atoms with Gasteiger partial charge in [0, 0.05) is 52.8 Å². The molecule has 2 heterocycles. The first-order valence-corrected chi connectivity index (χ1v) is 7.66. The second-order valence-electron chi connectivity index (χ2n) is 6.18. The smallest absolute Gasteiger partial charge is 0.222 e. The molecule has 1 saturated heterocycles. The van der Waals surface area contributed by atoms with E-state index in [2.05, 4.69) is 21.2 Å². The third-order valence-electron chi connectivity index (χ3n) is 4.26. The second kappa shape index (κ2) is 5.87. The number of piperazine rings is 1. The summed E-state index contributed by atoms with van der Waals surface area (Å²) in [7, 11) is 3.99. The number of hydrogen-bond acceptors (Lipinski definition) is 5. The highest BCUT2D eigenvalue weighted by Crippen LogP contribution is 2.33. The number of carbonyl (C=O) groups is 1. The van der Waals surface area contributed by atoms with Crippen LogP contribution in [-0.4, -0.2) is 61.3 Å². The summed E-state index contributed by atoms with van der Waals surface area (Å²) >= 11 is 0. The van der Waals surface area contributed by atoms with Gasteiger partial charge in [0.25, 0.3) is 0 Å². The maximum Gasteiger partial charge on any atom is 0.222 e. The van der Waals surface area contributed by atoms with Gasteiger partial charge < -0.3 is 14.7 Å². The molecule has 2 aliphatic rings. The zero-order valence-corrected chi connectivity index (χ0v) is 12.8. The first-order valence-electron chi connectivity index (χ1n) is 7.66. The molecule has 0 aromatic carbocycles. The Morgan fingerprint density at radius 3 is 2.62 bits per heavy atom. The molecule has 0 N–H and O–H groups in total. The molecule has 1 saturated carbocycles. The van der Waals surface area contributed by atoms with Crippen LogP contribution in [0.1, 0.15) is 19.3 Å². The van der Waals surface area contributed by atoms with E-state index in [1.54, 1.807) is 6.20 Å². The molecule has 114 valence electrons. The zero-order chi connectivity index (χ0) is 14.8. The number of nitrogens with zero attached hydrogens (tertiary/aromatic N) is 5. The third-order valence-corrected chi connectivity index (χ3v) is 4.26. The fraction of sp³-hybridized carbons (Fsp3) is 0.667. The summed E-state index contributed by atoms with van der Waals surface area (Å²) in [6.45, 7) is 3.25. The minimum absolute atomic E-state index is 0.324. The summed E-state index contributed by atoms with van der Waals surface area (Å²) in [5.74, 6) is 1.89. The van der Waals surface area contributed by atoms with E-state index in [1.165, 1.54) is 12.8 Å². The van der Waals surface area contributed by atoms with Crippen LogP contribution < -0.4 is 9.80 Å². The Kier molecular flexibility index (Phi) is 3.94. The van der Waals surface area contributed by atoms with Crippen molar-refractivity contribution in [1.29, 1.82) is 0 Å². The van der Waals surface area contributed by atoms with E-state index in [1.807, 2.05) is 23.9 Å². The topological polar surface area (TPSA) is 52.6 Å². The molecule has 1 aliphatic heterocycles. The predicted octanol–water partition coefficient (Wildman–Crippen LogP) is 0.991. The summed E-state index contributed by atoms with van der Waals surface area (Å²) in [5.41, 5.74) is 1.05. The Balaban J connectivity index is 1.57. The SMILES string of the molecule is CN(C)c1cnnc(N2CCN(C(=O)CC3CC3)CC2)c1. The van der Waals surface area contributed by atoms with Crippen LogP contribution in [0.15, 0.2) is 12.3 Å². The molecule has 6 heteroatoms. The average Bonchev–Trinajstić information content (AvgIpc) is 3.31. The van der Waals surface area contributed by atoms with E-state index in [-0.39, 0.29) is 0 Å². The van der Waals surface area contributed by atoms with Crippen LogP contribution in [-0.2, 0) is 4.79 Å². The molecule has 2 fully saturated rings. The Hall–Kier alpha value is -1.85. The molecule has 1 aromatic heterocycles. The number of anilines is 2. The van der Waals surface area contributed by atoms with Crippen molar-refractivity contribution in [3.63, 3.8) is 0 Å². The van der Waals surface area contributed by atoms with Crippen molar-refractivity contribution in [1.82, 2.24) is 15.1 Å². The monoisotopic (exact) mass is 289 g/mol. The third kappa shape index (κ3) is 3.43. The molecule has 1 aliphatic carbocycles. The highest BCUT2D eigenvalue weighted by atomic mass is 16.2. The summed E-state index contributed by atoms with van der Waals surface area (Å²) in [4.78, 5) is 18.3. The first kappa shape index (κ1) is 14.1. The largest absolute Gasteiger partial charge is 0.376 e. The minimum Gasteiger partial charge on any atom is -0.376 e. The van der Waals surface area contributed by atoms with E-state index in [0.29, 0.717) is 11.8 Å². The molecule has 1 amide bonds. The zero-order valence-electron chi connectivity index (χ0n) is 12.8. The van der Waals surface area contributed by atoms with Crippen molar-refractivity contribution in [3.05, 3.63) is 12.3 Å². The van der Waals surface area contributed by atoms with E-state index in [0.717, 1.165) is 44.1 Å². The summed E-state index contributed by atoms with van der Waals surface area (Å²) < 4.78 is 0. The first-order chi connectivity index (χ1) is 10.1. The molecule has 0 atom stereocenters. The van der Waals surface area contributed by atoms with Gasteiger partial charge in [-0.25, -0.2) is 0 Å². The maximum absolute atomic E-state index is 12.1. The molecule has 21 heavy (non-hydrogen) atoms. The van der Waals surface area contributed by atoms with E-state index >= 15 is 0 Å². The lowest BCUT2D eigenvalue weighted by Crippen LogP contribution is -2.49. The van der Waals surface area contributed by atoms with Gasteiger partial charge >= 0.3 is 0 Å². The second-order valence-corrected chi connectivity index (χ2v) is 6.18. The van der Waals surface area contributed by atoms with Crippen LogP contribution >= 0.6 is 0 Å². The van der Waals surface area contributed by atoms with Crippen LogP contribution in [0.5, 0.6) is 0 Å². The van der Waals surface area contributed by atoms with Crippen molar-refractivity contribution < 1.29 is 4.79 Å². The van der Waals surface area contributed by atoms with Gasteiger partial charge in [0.05, 0.1) is 11.9 Å². The van der Waals surface area contributed by atoms with Crippen molar-refractivity contribution in [3.8, 4) is 0 Å². The van der Waals surface area contributed by atoms with E-state index in [9.17, 15) is 4.79 Å². The van der Waals surface area contributed by atoms with Crippen molar-refractivity contribution in [2.24, 2.45) is 5.92 Å². The predicted molar refractivity (Wildman–Crippen MR) is 82.5 cm³/mol. The van der Waals surface area contributed by atoms with Gasteiger partial charge in [0.15, 0.2) is 5.82 Å². The molecule has 1 aromatic rings. The fourth-order valence-corrected chi connectivity index (χ4v) is 2.63. The Morgan fingerprint density at radius 1 is 1.29 bits per heavy atom. The quantitative estimate of drug-likeness (QED) is 0.827. The normalized spacial score (nSPS) is 18.8. The molecule has 3 rings (SSSR count). The summed E-state index contributed by atoms with van der Waals surface area (Å²) in [6, 6.07) is 2.05. The molecule has 0 radical (unpaired) electrons. The van der Waals surface area contributed by atoms with E-state index in [4.69, 9.17) is 0 Å². The van der Waals surface area contributed by atoms with Crippen LogP contribution in [0.25, 0.3) is 0 Å². The van der Waals surface area contributed by atoms with Crippen LogP contribution in [0.2, 0.25) is 0 Å². The number of rotatable bonds is 4. The van der Waals surface area contributed by atoms with Crippen LogP contribution in [0.4, 0.5) is 11.5 Å². The Labute approximate surface area is 125 Å². The van der Waals surface area contributed by atoms with Gasteiger partial charge in [0.2, 0.25) is 5.91 Å². The lowest BCUT2D eigenvalue weighted by atomic mass is 10.2. The van der Waals surface area contributed by atoms with Crippen molar-refractivity contribution >= 4 is 17.4 Å². The van der Waals surface area contributed by atoms with Crippen molar-refractivity contribution in [2.75, 3.05) is 50.1 Å². The molecular weight excluding hydrogens is 266 g/mol. The van der Waals surface area contributed by atoms with Gasteiger partial charge in [-0.15, -0.1) is 5.10 Å².